The summed E-state index contributed by atoms with van der Waals surface area (Å²) in [6.07, 6.45) is 4.84. The number of halogens is 3. The lowest BCUT2D eigenvalue weighted by atomic mass is 10.0. The number of alkyl halides is 1. The number of hydrogen-bond donors (Lipinski definition) is 1. The van der Waals surface area contributed by atoms with Crippen molar-refractivity contribution in [1.29, 1.82) is 0 Å². The molecule has 2 heterocycles. The van der Waals surface area contributed by atoms with Crippen molar-refractivity contribution in [2.24, 2.45) is 0 Å². The molecule has 1 amide bonds. The molecule has 9 heteroatoms. The molecule has 34 heavy (non-hydrogen) atoms. The molecule has 1 fully saturated rings. The van der Waals surface area contributed by atoms with E-state index in [4.69, 9.17) is 4.74 Å². The van der Waals surface area contributed by atoms with Crippen LogP contribution in [-0.4, -0.2) is 39.1 Å². The summed E-state index contributed by atoms with van der Waals surface area (Å²) in [6.45, 7) is -0.497. The molecular formula is C25H21F3N4O2. The molecule has 6 nitrogen and oxygen atoms in total. The number of fused-ring (bicyclic) bond motifs is 1. The van der Waals surface area contributed by atoms with E-state index in [1.54, 1.807) is 25.2 Å². The van der Waals surface area contributed by atoms with E-state index in [9.17, 15) is 18.0 Å². The van der Waals surface area contributed by atoms with Crippen molar-refractivity contribution in [2.45, 2.75) is 32.2 Å². The minimum absolute atomic E-state index is 0.0222. The monoisotopic (exact) mass is 466 g/mol. The van der Waals surface area contributed by atoms with Crippen LogP contribution in [0.3, 0.4) is 0 Å². The summed E-state index contributed by atoms with van der Waals surface area (Å²) in [7, 11) is 1.64. The van der Waals surface area contributed by atoms with Gasteiger partial charge in [-0.2, -0.15) is 5.10 Å². The van der Waals surface area contributed by atoms with Gasteiger partial charge in [-0.3, -0.25) is 14.9 Å². The Morgan fingerprint density at radius 1 is 1.15 bits per heavy atom. The molecule has 0 saturated heterocycles. The number of nitrogens with zero attached hydrogens (tertiary/aromatic N) is 3. The Balaban J connectivity index is 1.44. The van der Waals surface area contributed by atoms with Crippen LogP contribution in [0, 0.1) is 11.6 Å². The van der Waals surface area contributed by atoms with Crippen molar-refractivity contribution >= 4 is 16.8 Å². The van der Waals surface area contributed by atoms with E-state index >= 15 is 0 Å². The summed E-state index contributed by atoms with van der Waals surface area (Å²) in [6, 6.07) is 8.12. The highest BCUT2D eigenvalue weighted by atomic mass is 19.1. The number of nitrogens with one attached hydrogen (secondary N) is 1. The molecule has 5 rings (SSSR count). The average Bonchev–Trinajstić information content (AvgIpc) is 3.49. The number of carbonyl (C=O) groups is 1. The molecule has 1 N–H and O–H groups in total. The summed E-state index contributed by atoms with van der Waals surface area (Å²) in [5.74, 6) is -1.26. The fourth-order valence-electron chi connectivity index (χ4n) is 3.88. The second kappa shape index (κ2) is 8.81. The summed E-state index contributed by atoms with van der Waals surface area (Å²) in [5, 5.41) is 7.39. The van der Waals surface area contributed by atoms with E-state index in [1.165, 1.54) is 29.4 Å². The number of aromatic amines is 1. The number of amides is 1. The maximum Gasteiger partial charge on any atom is 0.254 e. The van der Waals surface area contributed by atoms with E-state index in [0.29, 0.717) is 38.9 Å². The molecule has 0 aliphatic heterocycles. The van der Waals surface area contributed by atoms with Crippen molar-refractivity contribution in [3.05, 3.63) is 77.2 Å². The second-order valence-electron chi connectivity index (χ2n) is 8.37. The third-order valence-electron chi connectivity index (χ3n) is 5.75. The van der Waals surface area contributed by atoms with E-state index in [-0.39, 0.29) is 24.2 Å². The number of aromatic nitrogens is 3. The zero-order valence-electron chi connectivity index (χ0n) is 18.3. The molecule has 1 aliphatic carbocycles. The Labute approximate surface area is 193 Å². The predicted molar refractivity (Wildman–Crippen MR) is 120 cm³/mol. The van der Waals surface area contributed by atoms with Crippen LogP contribution in [-0.2, 0) is 13.2 Å². The lowest BCUT2D eigenvalue weighted by molar-refractivity contribution is 0.0785. The molecule has 2 aromatic carbocycles. The smallest absolute Gasteiger partial charge is 0.254 e. The van der Waals surface area contributed by atoms with E-state index in [1.807, 2.05) is 0 Å². The highest BCUT2D eigenvalue weighted by molar-refractivity contribution is 5.96. The molecule has 2 aromatic heterocycles. The van der Waals surface area contributed by atoms with Gasteiger partial charge in [0.15, 0.2) is 0 Å². The molecule has 1 saturated carbocycles. The number of ether oxygens (including phenoxy) is 1. The van der Waals surface area contributed by atoms with E-state index in [2.05, 4.69) is 15.2 Å². The number of H-pyrrole nitrogens is 1. The van der Waals surface area contributed by atoms with Gasteiger partial charge in [-0.1, -0.05) is 0 Å². The Hall–Kier alpha value is -3.88. The van der Waals surface area contributed by atoms with Crippen molar-refractivity contribution < 1.29 is 22.7 Å². The van der Waals surface area contributed by atoms with Crippen molar-refractivity contribution in [2.75, 3.05) is 7.05 Å². The third kappa shape index (κ3) is 4.33. The number of pyridine rings is 1. The molecule has 1 aliphatic rings. The highest BCUT2D eigenvalue weighted by Gasteiger charge is 2.26. The Morgan fingerprint density at radius 2 is 1.91 bits per heavy atom. The standard InChI is InChI=1S/C25H21F3N4O2/c1-32(13-16-11-29-22(10-26)21-12-30-31-24(16)21)25(33)14-2-5-20(23(8-14)34-19-3-4-19)15-6-17(27)9-18(28)7-15/h2,5-9,11-12,19H,3-4,10,13H2,1H3,(H,30,31). The van der Waals surface area contributed by atoms with Crippen LogP contribution in [0.15, 0.2) is 48.8 Å². The second-order valence-corrected chi connectivity index (χ2v) is 8.37. The summed E-state index contributed by atoms with van der Waals surface area (Å²) >= 11 is 0. The summed E-state index contributed by atoms with van der Waals surface area (Å²) < 4.78 is 46.8. The van der Waals surface area contributed by atoms with E-state index < -0.39 is 18.3 Å². The first-order valence-electron chi connectivity index (χ1n) is 10.8. The lowest BCUT2D eigenvalue weighted by Gasteiger charge is -2.19. The number of benzene rings is 2. The van der Waals surface area contributed by atoms with Crippen LogP contribution >= 0.6 is 0 Å². The SMILES string of the molecule is CN(Cc1cnc(CF)c2cn[nH]c12)C(=O)c1ccc(-c2cc(F)cc(F)c2)c(OC2CC2)c1. The van der Waals surface area contributed by atoms with Gasteiger partial charge in [0.05, 0.1) is 23.5 Å². The maximum absolute atomic E-state index is 13.8. The normalized spacial score (nSPS) is 13.3. The van der Waals surface area contributed by atoms with Gasteiger partial charge in [0, 0.05) is 47.9 Å². The lowest BCUT2D eigenvalue weighted by Crippen LogP contribution is -2.26. The topological polar surface area (TPSA) is 71.1 Å². The number of rotatable bonds is 7. The van der Waals surface area contributed by atoms with Crippen LogP contribution in [0.1, 0.15) is 34.5 Å². The first-order valence-corrected chi connectivity index (χ1v) is 10.8. The zero-order chi connectivity index (χ0) is 23.8. The van der Waals surface area contributed by atoms with Crippen LogP contribution in [0.4, 0.5) is 13.2 Å². The Bertz CT molecular complexity index is 1360. The number of carbonyl (C=O) groups excluding carboxylic acids is 1. The molecule has 0 radical (unpaired) electrons. The van der Waals surface area contributed by atoms with Crippen LogP contribution in [0.5, 0.6) is 5.75 Å². The number of hydrogen-bond acceptors (Lipinski definition) is 4. The largest absolute Gasteiger partial charge is 0.490 e. The first kappa shape index (κ1) is 21.9. The average molecular weight is 466 g/mol. The minimum Gasteiger partial charge on any atom is -0.490 e. The van der Waals surface area contributed by atoms with E-state index in [0.717, 1.165) is 18.9 Å². The van der Waals surface area contributed by atoms with Gasteiger partial charge in [0.1, 0.15) is 24.1 Å². The first-order chi connectivity index (χ1) is 16.4. The van der Waals surface area contributed by atoms with Crippen molar-refractivity contribution in [1.82, 2.24) is 20.1 Å². The van der Waals surface area contributed by atoms with Crippen molar-refractivity contribution in [3.8, 4) is 16.9 Å². The van der Waals surface area contributed by atoms with Gasteiger partial charge in [-0.05, 0) is 48.7 Å². The molecule has 4 aromatic rings. The zero-order valence-corrected chi connectivity index (χ0v) is 18.3. The third-order valence-corrected chi connectivity index (χ3v) is 5.75. The molecule has 0 spiro atoms. The molecule has 0 bridgehead atoms. The molecule has 0 unspecified atom stereocenters. The fraction of sp³-hybridized carbons (Fsp3) is 0.240. The molecule has 174 valence electrons. The van der Waals surface area contributed by atoms with Crippen molar-refractivity contribution in [3.63, 3.8) is 0 Å². The van der Waals surface area contributed by atoms with Crippen LogP contribution in [0.2, 0.25) is 0 Å². The summed E-state index contributed by atoms with van der Waals surface area (Å²) in [4.78, 5) is 18.8. The van der Waals surface area contributed by atoms with Gasteiger partial charge in [-0.15, -0.1) is 0 Å². The Kier molecular flexibility index (Phi) is 5.69. The minimum atomic E-state index is -0.712. The van der Waals surface area contributed by atoms with Gasteiger partial charge >= 0.3 is 0 Å². The van der Waals surface area contributed by atoms with Crippen LogP contribution in [0.25, 0.3) is 22.0 Å². The molecule has 0 atom stereocenters. The van der Waals surface area contributed by atoms with Crippen LogP contribution < -0.4 is 4.74 Å². The van der Waals surface area contributed by atoms with Gasteiger partial charge in [0.2, 0.25) is 0 Å². The maximum atomic E-state index is 13.8. The summed E-state index contributed by atoms with van der Waals surface area (Å²) in [5.41, 5.74) is 2.82. The van der Waals surface area contributed by atoms with Gasteiger partial charge in [0.25, 0.3) is 5.91 Å². The van der Waals surface area contributed by atoms with Gasteiger partial charge < -0.3 is 9.64 Å². The molecular weight excluding hydrogens is 445 g/mol. The highest BCUT2D eigenvalue weighted by Crippen LogP contribution is 2.36. The predicted octanol–water partition coefficient (Wildman–Crippen LogP) is 5.19. The Morgan fingerprint density at radius 3 is 2.62 bits per heavy atom. The van der Waals surface area contributed by atoms with Gasteiger partial charge in [-0.25, -0.2) is 13.2 Å². The fourth-order valence-corrected chi connectivity index (χ4v) is 3.88. The quantitative estimate of drug-likeness (QED) is 0.407.